The van der Waals surface area contributed by atoms with E-state index in [4.69, 9.17) is 0 Å². The fourth-order valence-electron chi connectivity index (χ4n) is 2.27. The normalized spacial score (nSPS) is 22.3. The van der Waals surface area contributed by atoms with Crippen LogP contribution >= 0.6 is 0 Å². The van der Waals surface area contributed by atoms with Gasteiger partial charge in [-0.3, -0.25) is 4.79 Å². The molecule has 0 spiro atoms. The lowest BCUT2D eigenvalue weighted by Gasteiger charge is -2.21. The van der Waals surface area contributed by atoms with Crippen LogP contribution in [0, 0.1) is 5.92 Å². The van der Waals surface area contributed by atoms with E-state index in [1.807, 2.05) is 30.3 Å². The van der Waals surface area contributed by atoms with E-state index in [2.05, 4.69) is 5.32 Å². The highest BCUT2D eigenvalue weighted by Crippen LogP contribution is 2.21. The zero-order chi connectivity index (χ0) is 13.0. The van der Waals surface area contributed by atoms with Gasteiger partial charge in [0.2, 0.25) is 5.91 Å². The number of para-hydroxylation sites is 1. The summed E-state index contributed by atoms with van der Waals surface area (Å²) in [7, 11) is -2.93. The molecule has 1 aromatic carbocycles. The monoisotopic (exact) mass is 267 g/mol. The molecule has 1 unspecified atom stereocenters. The second-order valence-electron chi connectivity index (χ2n) is 4.74. The molecule has 1 N–H and O–H groups in total. The van der Waals surface area contributed by atoms with Gasteiger partial charge in [0.25, 0.3) is 0 Å². The Morgan fingerprint density at radius 1 is 1.28 bits per heavy atom. The first-order chi connectivity index (χ1) is 8.55. The molecular formula is C13H17NO3S. The number of anilines is 1. The molecule has 1 saturated heterocycles. The van der Waals surface area contributed by atoms with E-state index in [-0.39, 0.29) is 29.8 Å². The molecule has 1 aliphatic rings. The number of amides is 1. The topological polar surface area (TPSA) is 63.2 Å². The van der Waals surface area contributed by atoms with E-state index in [0.29, 0.717) is 6.42 Å². The van der Waals surface area contributed by atoms with E-state index >= 15 is 0 Å². The van der Waals surface area contributed by atoms with Crippen LogP contribution in [0.2, 0.25) is 0 Å². The Balaban J connectivity index is 1.88. The van der Waals surface area contributed by atoms with E-state index < -0.39 is 9.84 Å². The van der Waals surface area contributed by atoms with Crippen LogP contribution in [0.15, 0.2) is 30.3 Å². The Bertz CT molecular complexity index is 510. The lowest BCUT2D eigenvalue weighted by molar-refractivity contribution is -0.117. The van der Waals surface area contributed by atoms with Crippen molar-refractivity contribution in [2.45, 2.75) is 19.3 Å². The summed E-state index contributed by atoms with van der Waals surface area (Å²) in [6.07, 6.45) is 1.78. The highest BCUT2D eigenvalue weighted by atomic mass is 32.2. The Kier molecular flexibility index (Phi) is 4.01. The van der Waals surface area contributed by atoms with Gasteiger partial charge in [0.1, 0.15) is 0 Å². The van der Waals surface area contributed by atoms with Crippen molar-refractivity contribution in [3.8, 4) is 0 Å². The number of carbonyl (C=O) groups is 1. The summed E-state index contributed by atoms with van der Waals surface area (Å²) in [5.41, 5.74) is 0.751. The number of rotatable bonds is 3. The van der Waals surface area contributed by atoms with Crippen molar-refractivity contribution >= 4 is 21.4 Å². The summed E-state index contributed by atoms with van der Waals surface area (Å²) < 4.78 is 22.9. The minimum absolute atomic E-state index is 0.0348. The average Bonchev–Trinajstić information content (AvgIpc) is 2.28. The van der Waals surface area contributed by atoms with Gasteiger partial charge >= 0.3 is 0 Å². The highest BCUT2D eigenvalue weighted by Gasteiger charge is 2.26. The van der Waals surface area contributed by atoms with Crippen LogP contribution in [-0.4, -0.2) is 25.8 Å². The Morgan fingerprint density at radius 3 is 2.67 bits per heavy atom. The standard InChI is InChI=1S/C13H17NO3S/c15-13(14-12-6-2-1-3-7-12)9-11-5-4-8-18(16,17)10-11/h1-3,6-7,11H,4-5,8-10H2,(H,14,15). The first-order valence-corrected chi connectivity index (χ1v) is 7.93. The minimum Gasteiger partial charge on any atom is -0.326 e. The molecule has 1 fully saturated rings. The number of carbonyl (C=O) groups excluding carboxylic acids is 1. The summed E-state index contributed by atoms with van der Waals surface area (Å²) in [5.74, 6) is 0.273. The Hall–Kier alpha value is -1.36. The Morgan fingerprint density at radius 2 is 2.00 bits per heavy atom. The molecule has 98 valence electrons. The molecule has 18 heavy (non-hydrogen) atoms. The van der Waals surface area contributed by atoms with Gasteiger partial charge in [-0.1, -0.05) is 18.2 Å². The fraction of sp³-hybridized carbons (Fsp3) is 0.462. The second-order valence-corrected chi connectivity index (χ2v) is 6.97. The van der Waals surface area contributed by atoms with Crippen LogP contribution in [0.5, 0.6) is 0 Å². The first-order valence-electron chi connectivity index (χ1n) is 6.10. The summed E-state index contributed by atoms with van der Waals surface area (Å²) in [6, 6.07) is 9.20. The van der Waals surface area contributed by atoms with Crippen molar-refractivity contribution in [2.75, 3.05) is 16.8 Å². The molecule has 1 heterocycles. The van der Waals surface area contributed by atoms with Crippen molar-refractivity contribution < 1.29 is 13.2 Å². The lowest BCUT2D eigenvalue weighted by atomic mass is 10.0. The van der Waals surface area contributed by atoms with Crippen LogP contribution in [0.25, 0.3) is 0 Å². The number of hydrogen-bond acceptors (Lipinski definition) is 3. The van der Waals surface area contributed by atoms with E-state index in [1.165, 1.54) is 0 Å². The van der Waals surface area contributed by atoms with Crippen molar-refractivity contribution in [2.24, 2.45) is 5.92 Å². The zero-order valence-electron chi connectivity index (χ0n) is 10.1. The molecule has 0 aliphatic carbocycles. The number of sulfone groups is 1. The third-order valence-electron chi connectivity index (χ3n) is 3.09. The first kappa shape index (κ1) is 13.1. The number of hydrogen-bond donors (Lipinski definition) is 1. The van der Waals surface area contributed by atoms with Gasteiger partial charge in [0.15, 0.2) is 9.84 Å². The summed E-state index contributed by atoms with van der Waals surface area (Å²) in [5, 5.41) is 2.78. The zero-order valence-corrected chi connectivity index (χ0v) is 10.9. The summed E-state index contributed by atoms with van der Waals surface area (Å²) >= 11 is 0. The van der Waals surface area contributed by atoms with Crippen molar-refractivity contribution in [1.82, 2.24) is 0 Å². The van der Waals surface area contributed by atoms with Crippen LogP contribution < -0.4 is 5.32 Å². The molecule has 0 aromatic heterocycles. The SMILES string of the molecule is O=C(CC1CCCS(=O)(=O)C1)Nc1ccccc1. The molecule has 0 radical (unpaired) electrons. The van der Waals surface area contributed by atoms with Gasteiger partial charge in [-0.05, 0) is 30.9 Å². The highest BCUT2D eigenvalue weighted by molar-refractivity contribution is 7.91. The second kappa shape index (κ2) is 5.52. The molecule has 5 heteroatoms. The Labute approximate surface area is 107 Å². The van der Waals surface area contributed by atoms with Crippen LogP contribution in [0.4, 0.5) is 5.69 Å². The molecule has 0 bridgehead atoms. The maximum Gasteiger partial charge on any atom is 0.224 e. The predicted molar refractivity (Wildman–Crippen MR) is 71.1 cm³/mol. The average molecular weight is 267 g/mol. The van der Waals surface area contributed by atoms with Gasteiger partial charge in [-0.25, -0.2) is 8.42 Å². The quantitative estimate of drug-likeness (QED) is 0.909. The minimum atomic E-state index is -2.93. The smallest absolute Gasteiger partial charge is 0.224 e. The predicted octanol–water partition coefficient (Wildman–Crippen LogP) is 1.84. The third kappa shape index (κ3) is 3.84. The molecule has 1 atom stereocenters. The van der Waals surface area contributed by atoms with Crippen LogP contribution in [-0.2, 0) is 14.6 Å². The van der Waals surface area contributed by atoms with Gasteiger partial charge in [0, 0.05) is 12.1 Å². The fourth-order valence-corrected chi connectivity index (χ4v) is 4.05. The number of benzene rings is 1. The molecular weight excluding hydrogens is 250 g/mol. The van der Waals surface area contributed by atoms with Gasteiger partial charge in [-0.15, -0.1) is 0 Å². The molecule has 2 rings (SSSR count). The van der Waals surface area contributed by atoms with Crippen LogP contribution in [0.3, 0.4) is 0 Å². The van der Waals surface area contributed by atoms with E-state index in [9.17, 15) is 13.2 Å². The molecule has 1 aromatic rings. The number of nitrogens with one attached hydrogen (secondary N) is 1. The van der Waals surface area contributed by atoms with Crippen molar-refractivity contribution in [3.63, 3.8) is 0 Å². The van der Waals surface area contributed by atoms with Crippen LogP contribution in [0.1, 0.15) is 19.3 Å². The summed E-state index contributed by atoms with van der Waals surface area (Å²) in [6.45, 7) is 0. The maximum absolute atomic E-state index is 11.8. The molecule has 4 nitrogen and oxygen atoms in total. The molecule has 1 aliphatic heterocycles. The van der Waals surface area contributed by atoms with Gasteiger partial charge in [0.05, 0.1) is 11.5 Å². The molecule has 1 amide bonds. The van der Waals surface area contributed by atoms with Crippen molar-refractivity contribution in [3.05, 3.63) is 30.3 Å². The largest absolute Gasteiger partial charge is 0.326 e. The lowest BCUT2D eigenvalue weighted by Crippen LogP contribution is -2.28. The van der Waals surface area contributed by atoms with Gasteiger partial charge < -0.3 is 5.32 Å². The van der Waals surface area contributed by atoms with Gasteiger partial charge in [-0.2, -0.15) is 0 Å². The molecule has 0 saturated carbocycles. The van der Waals surface area contributed by atoms with Crippen molar-refractivity contribution in [1.29, 1.82) is 0 Å². The third-order valence-corrected chi connectivity index (χ3v) is 4.98. The van der Waals surface area contributed by atoms with E-state index in [0.717, 1.165) is 12.1 Å². The maximum atomic E-state index is 11.8. The van der Waals surface area contributed by atoms with E-state index in [1.54, 1.807) is 0 Å². The summed E-state index contributed by atoms with van der Waals surface area (Å²) in [4.78, 5) is 11.8.